The van der Waals surface area contributed by atoms with Crippen molar-refractivity contribution in [2.24, 2.45) is 0 Å². The summed E-state index contributed by atoms with van der Waals surface area (Å²) >= 11 is 6.10. The summed E-state index contributed by atoms with van der Waals surface area (Å²) < 4.78 is 0. The number of para-hydroxylation sites is 1. The van der Waals surface area contributed by atoms with E-state index < -0.39 is 0 Å². The SMILES string of the molecule is O=C(c1cccnc1Cl)N1CCCC(c2ccnc(Nc3ccccc3)n2)C1. The second-order valence-electron chi connectivity index (χ2n) is 6.73. The molecule has 1 aliphatic heterocycles. The van der Waals surface area contributed by atoms with Gasteiger partial charge in [0.25, 0.3) is 5.91 Å². The Morgan fingerprint density at radius 2 is 1.93 bits per heavy atom. The fourth-order valence-corrected chi connectivity index (χ4v) is 3.63. The zero-order chi connectivity index (χ0) is 19.3. The zero-order valence-electron chi connectivity index (χ0n) is 15.3. The first kappa shape index (κ1) is 18.4. The molecule has 1 atom stereocenters. The van der Waals surface area contributed by atoms with Gasteiger partial charge in [-0.15, -0.1) is 0 Å². The summed E-state index contributed by atoms with van der Waals surface area (Å²) in [6, 6.07) is 15.2. The number of aromatic nitrogens is 3. The summed E-state index contributed by atoms with van der Waals surface area (Å²) in [7, 11) is 0. The van der Waals surface area contributed by atoms with Crippen LogP contribution in [0.2, 0.25) is 5.15 Å². The standard InChI is InChI=1S/C21H20ClN5O/c22-19-17(9-4-11-23-19)20(28)27-13-5-6-15(14-27)18-10-12-24-21(26-18)25-16-7-2-1-3-8-16/h1-4,7-12,15H,5-6,13-14H2,(H,24,25,26). The normalized spacial score (nSPS) is 16.6. The van der Waals surface area contributed by atoms with Gasteiger partial charge < -0.3 is 10.2 Å². The third-order valence-electron chi connectivity index (χ3n) is 4.82. The molecule has 1 fully saturated rings. The number of benzene rings is 1. The van der Waals surface area contributed by atoms with Gasteiger partial charge in [0.2, 0.25) is 5.95 Å². The molecule has 142 valence electrons. The molecule has 1 aromatic carbocycles. The summed E-state index contributed by atoms with van der Waals surface area (Å²) in [6.07, 6.45) is 5.23. The number of carbonyl (C=O) groups is 1. The van der Waals surface area contributed by atoms with Gasteiger partial charge in [-0.1, -0.05) is 29.8 Å². The molecule has 7 heteroatoms. The van der Waals surface area contributed by atoms with E-state index in [9.17, 15) is 4.79 Å². The third-order valence-corrected chi connectivity index (χ3v) is 5.12. The molecule has 3 aromatic rings. The van der Waals surface area contributed by atoms with Crippen LogP contribution in [0.25, 0.3) is 0 Å². The predicted molar refractivity (Wildman–Crippen MR) is 109 cm³/mol. The number of carbonyl (C=O) groups excluding carboxylic acids is 1. The number of amides is 1. The average molecular weight is 394 g/mol. The molecular weight excluding hydrogens is 374 g/mol. The van der Waals surface area contributed by atoms with Gasteiger partial charge in [-0.25, -0.2) is 15.0 Å². The van der Waals surface area contributed by atoms with E-state index in [4.69, 9.17) is 11.6 Å². The van der Waals surface area contributed by atoms with Crippen LogP contribution in [-0.2, 0) is 0 Å². The van der Waals surface area contributed by atoms with Crippen LogP contribution in [0.15, 0.2) is 60.9 Å². The predicted octanol–water partition coefficient (Wildman–Crippen LogP) is 4.29. The molecule has 0 bridgehead atoms. The van der Waals surface area contributed by atoms with Gasteiger partial charge in [-0.05, 0) is 43.2 Å². The highest BCUT2D eigenvalue weighted by molar-refractivity contribution is 6.32. The van der Waals surface area contributed by atoms with Gasteiger partial charge in [-0.2, -0.15) is 0 Å². The molecule has 0 saturated carbocycles. The Kier molecular flexibility index (Phi) is 5.48. The summed E-state index contributed by atoms with van der Waals surface area (Å²) in [6.45, 7) is 1.31. The Labute approximate surface area is 168 Å². The largest absolute Gasteiger partial charge is 0.338 e. The number of pyridine rings is 1. The lowest BCUT2D eigenvalue weighted by atomic mass is 9.94. The van der Waals surface area contributed by atoms with Crippen molar-refractivity contribution < 1.29 is 4.79 Å². The third kappa shape index (κ3) is 4.12. The number of nitrogens with zero attached hydrogens (tertiary/aromatic N) is 4. The molecule has 1 unspecified atom stereocenters. The van der Waals surface area contributed by atoms with E-state index in [0.717, 1.165) is 24.2 Å². The number of halogens is 1. The minimum atomic E-state index is -0.0838. The Morgan fingerprint density at radius 3 is 2.75 bits per heavy atom. The first-order valence-electron chi connectivity index (χ1n) is 9.25. The number of hydrogen-bond donors (Lipinski definition) is 1. The van der Waals surface area contributed by atoms with Crippen LogP contribution in [-0.4, -0.2) is 38.8 Å². The molecule has 0 spiro atoms. The lowest BCUT2D eigenvalue weighted by molar-refractivity contribution is 0.0705. The van der Waals surface area contributed by atoms with Gasteiger partial charge in [-0.3, -0.25) is 4.79 Å². The van der Waals surface area contributed by atoms with Crippen molar-refractivity contribution in [3.63, 3.8) is 0 Å². The minimum absolute atomic E-state index is 0.0838. The summed E-state index contributed by atoms with van der Waals surface area (Å²) in [5.74, 6) is 0.634. The second-order valence-corrected chi connectivity index (χ2v) is 7.09. The molecule has 2 aromatic heterocycles. The minimum Gasteiger partial charge on any atom is -0.338 e. The monoisotopic (exact) mass is 393 g/mol. The number of hydrogen-bond acceptors (Lipinski definition) is 5. The van der Waals surface area contributed by atoms with Crippen LogP contribution >= 0.6 is 11.6 Å². The number of likely N-dealkylation sites (tertiary alicyclic amines) is 1. The molecule has 6 nitrogen and oxygen atoms in total. The van der Waals surface area contributed by atoms with E-state index in [1.54, 1.807) is 24.5 Å². The average Bonchev–Trinajstić information content (AvgIpc) is 2.75. The van der Waals surface area contributed by atoms with Gasteiger partial charge in [0.15, 0.2) is 0 Å². The Balaban J connectivity index is 1.49. The first-order chi connectivity index (χ1) is 13.7. The fourth-order valence-electron chi connectivity index (χ4n) is 3.43. The highest BCUT2D eigenvalue weighted by Gasteiger charge is 2.27. The molecule has 1 saturated heterocycles. The number of rotatable bonds is 4. The summed E-state index contributed by atoms with van der Waals surface area (Å²) in [5.41, 5.74) is 2.31. The van der Waals surface area contributed by atoms with Crippen molar-refractivity contribution in [1.29, 1.82) is 0 Å². The number of nitrogens with one attached hydrogen (secondary N) is 1. The van der Waals surface area contributed by atoms with E-state index in [1.807, 2.05) is 41.3 Å². The Hall–Kier alpha value is -2.99. The maximum Gasteiger partial charge on any atom is 0.257 e. The van der Waals surface area contributed by atoms with Crippen LogP contribution in [0.1, 0.15) is 34.8 Å². The molecule has 3 heterocycles. The molecule has 1 amide bonds. The Morgan fingerprint density at radius 1 is 1.07 bits per heavy atom. The molecular formula is C21H20ClN5O. The smallest absolute Gasteiger partial charge is 0.257 e. The van der Waals surface area contributed by atoms with Gasteiger partial charge >= 0.3 is 0 Å². The van der Waals surface area contributed by atoms with E-state index in [-0.39, 0.29) is 17.0 Å². The van der Waals surface area contributed by atoms with Crippen LogP contribution in [0.4, 0.5) is 11.6 Å². The second kappa shape index (κ2) is 8.35. The summed E-state index contributed by atoms with van der Waals surface area (Å²) in [4.78, 5) is 27.7. The quantitative estimate of drug-likeness (QED) is 0.669. The van der Waals surface area contributed by atoms with Crippen molar-refractivity contribution in [2.45, 2.75) is 18.8 Å². The van der Waals surface area contributed by atoms with E-state index in [0.29, 0.717) is 24.6 Å². The molecule has 1 N–H and O–H groups in total. The van der Waals surface area contributed by atoms with Crippen LogP contribution in [0.5, 0.6) is 0 Å². The zero-order valence-corrected chi connectivity index (χ0v) is 16.0. The maximum absolute atomic E-state index is 12.9. The van der Waals surface area contributed by atoms with Crippen molar-refractivity contribution in [2.75, 3.05) is 18.4 Å². The Bertz CT molecular complexity index is 966. The van der Waals surface area contributed by atoms with Crippen molar-refractivity contribution in [3.8, 4) is 0 Å². The maximum atomic E-state index is 12.9. The van der Waals surface area contributed by atoms with E-state index in [2.05, 4.69) is 20.3 Å². The molecule has 1 aliphatic rings. The molecule has 0 aliphatic carbocycles. The lowest BCUT2D eigenvalue weighted by Gasteiger charge is -2.32. The van der Waals surface area contributed by atoms with Gasteiger partial charge in [0, 0.05) is 37.1 Å². The topological polar surface area (TPSA) is 71.0 Å². The highest BCUT2D eigenvalue weighted by Crippen LogP contribution is 2.28. The van der Waals surface area contributed by atoms with Gasteiger partial charge in [0.05, 0.1) is 11.3 Å². The number of piperidine rings is 1. The van der Waals surface area contributed by atoms with Crippen molar-refractivity contribution in [1.82, 2.24) is 19.9 Å². The van der Waals surface area contributed by atoms with Crippen LogP contribution in [0.3, 0.4) is 0 Å². The summed E-state index contributed by atoms with van der Waals surface area (Å²) in [5, 5.41) is 3.46. The van der Waals surface area contributed by atoms with Crippen LogP contribution < -0.4 is 5.32 Å². The highest BCUT2D eigenvalue weighted by atomic mass is 35.5. The van der Waals surface area contributed by atoms with E-state index in [1.165, 1.54) is 0 Å². The van der Waals surface area contributed by atoms with Crippen molar-refractivity contribution in [3.05, 3.63) is 77.3 Å². The van der Waals surface area contributed by atoms with E-state index >= 15 is 0 Å². The molecule has 4 rings (SSSR count). The number of anilines is 2. The van der Waals surface area contributed by atoms with Gasteiger partial charge in [0.1, 0.15) is 5.15 Å². The lowest BCUT2D eigenvalue weighted by Crippen LogP contribution is -2.39. The fraction of sp³-hybridized carbons (Fsp3) is 0.238. The first-order valence-corrected chi connectivity index (χ1v) is 9.63. The van der Waals surface area contributed by atoms with Crippen LogP contribution in [0, 0.1) is 0 Å². The molecule has 0 radical (unpaired) electrons. The van der Waals surface area contributed by atoms with Crippen molar-refractivity contribution >= 4 is 29.1 Å². The molecule has 28 heavy (non-hydrogen) atoms.